The van der Waals surface area contributed by atoms with Crippen molar-refractivity contribution in [3.05, 3.63) is 59.7 Å². The minimum absolute atomic E-state index is 0.00807. The van der Waals surface area contributed by atoms with Crippen molar-refractivity contribution < 1.29 is 13.9 Å². The first-order chi connectivity index (χ1) is 9.56. The van der Waals surface area contributed by atoms with Crippen molar-refractivity contribution in [3.63, 3.8) is 0 Å². The lowest BCUT2D eigenvalue weighted by Crippen LogP contribution is -2.09. The van der Waals surface area contributed by atoms with Gasteiger partial charge in [0.25, 0.3) is 0 Å². The van der Waals surface area contributed by atoms with Crippen LogP contribution in [0.1, 0.15) is 29.8 Å². The van der Waals surface area contributed by atoms with E-state index in [4.69, 9.17) is 4.74 Å². The molecule has 0 radical (unpaired) electrons. The average Bonchev–Trinajstić information content (AvgIpc) is 2.41. The van der Waals surface area contributed by atoms with Crippen molar-refractivity contribution >= 4 is 5.78 Å². The molecule has 0 atom stereocenters. The molecule has 1 aromatic heterocycles. The molecule has 4 heteroatoms. The van der Waals surface area contributed by atoms with Crippen LogP contribution in [0.3, 0.4) is 0 Å². The molecule has 0 saturated carbocycles. The number of aromatic nitrogens is 1. The standard InChI is InChI=1S/C16H16FNO2/c1-11(2)20-14-7-13(9-18-10-14)16(19)8-12-5-3-4-6-15(12)17/h3-7,9-11H,8H2,1-2H3. The third kappa shape index (κ3) is 3.63. The lowest BCUT2D eigenvalue weighted by Gasteiger charge is -2.10. The molecule has 0 aliphatic carbocycles. The predicted molar refractivity (Wildman–Crippen MR) is 74.4 cm³/mol. The van der Waals surface area contributed by atoms with E-state index in [1.165, 1.54) is 12.3 Å². The number of pyridine rings is 1. The van der Waals surface area contributed by atoms with E-state index < -0.39 is 0 Å². The number of carbonyl (C=O) groups excluding carboxylic acids is 1. The van der Waals surface area contributed by atoms with Crippen LogP contribution in [0.15, 0.2) is 42.7 Å². The Morgan fingerprint density at radius 2 is 2.05 bits per heavy atom. The Morgan fingerprint density at radius 1 is 1.30 bits per heavy atom. The quantitative estimate of drug-likeness (QED) is 0.783. The number of hydrogen-bond acceptors (Lipinski definition) is 3. The summed E-state index contributed by atoms with van der Waals surface area (Å²) >= 11 is 0. The van der Waals surface area contributed by atoms with Gasteiger partial charge in [-0.1, -0.05) is 18.2 Å². The van der Waals surface area contributed by atoms with Crippen LogP contribution in [0.4, 0.5) is 4.39 Å². The second kappa shape index (κ2) is 6.28. The normalized spacial score (nSPS) is 10.6. The molecule has 0 bridgehead atoms. The minimum atomic E-state index is -0.372. The molecule has 20 heavy (non-hydrogen) atoms. The Bertz CT molecular complexity index is 611. The average molecular weight is 273 g/mol. The fraction of sp³-hybridized carbons (Fsp3) is 0.250. The molecule has 3 nitrogen and oxygen atoms in total. The van der Waals surface area contributed by atoms with E-state index in [2.05, 4.69) is 4.98 Å². The fourth-order valence-electron chi connectivity index (χ4n) is 1.82. The highest BCUT2D eigenvalue weighted by Gasteiger charge is 2.11. The number of ether oxygens (including phenoxy) is 1. The highest BCUT2D eigenvalue weighted by Crippen LogP contribution is 2.16. The minimum Gasteiger partial charge on any atom is -0.489 e. The Balaban J connectivity index is 2.15. The van der Waals surface area contributed by atoms with Crippen molar-refractivity contribution in [3.8, 4) is 5.75 Å². The molecule has 0 aliphatic heterocycles. The second-order valence-corrected chi connectivity index (χ2v) is 4.77. The van der Waals surface area contributed by atoms with Gasteiger partial charge in [0.1, 0.15) is 11.6 Å². The highest BCUT2D eigenvalue weighted by molar-refractivity contribution is 5.97. The van der Waals surface area contributed by atoms with Crippen molar-refractivity contribution in [2.45, 2.75) is 26.4 Å². The summed E-state index contributed by atoms with van der Waals surface area (Å²) in [5.74, 6) is -0.0143. The maximum absolute atomic E-state index is 13.5. The van der Waals surface area contributed by atoms with Crippen LogP contribution in [-0.4, -0.2) is 16.9 Å². The van der Waals surface area contributed by atoms with Crippen molar-refractivity contribution in [2.75, 3.05) is 0 Å². The lowest BCUT2D eigenvalue weighted by atomic mass is 10.0. The van der Waals surface area contributed by atoms with E-state index in [1.807, 2.05) is 13.8 Å². The van der Waals surface area contributed by atoms with Gasteiger partial charge in [0.15, 0.2) is 5.78 Å². The summed E-state index contributed by atoms with van der Waals surface area (Å²) in [4.78, 5) is 16.1. The zero-order valence-corrected chi connectivity index (χ0v) is 11.5. The van der Waals surface area contributed by atoms with Gasteiger partial charge in [-0.25, -0.2) is 4.39 Å². The fourth-order valence-corrected chi connectivity index (χ4v) is 1.82. The maximum atomic E-state index is 13.5. The number of rotatable bonds is 5. The molecule has 0 saturated heterocycles. The first kappa shape index (κ1) is 14.2. The number of ketones is 1. The van der Waals surface area contributed by atoms with Crippen LogP contribution in [-0.2, 0) is 6.42 Å². The van der Waals surface area contributed by atoms with Crippen LogP contribution < -0.4 is 4.74 Å². The van der Waals surface area contributed by atoms with Crippen LogP contribution in [0.5, 0.6) is 5.75 Å². The van der Waals surface area contributed by atoms with E-state index in [9.17, 15) is 9.18 Å². The summed E-state index contributed by atoms with van der Waals surface area (Å²) in [6, 6.07) is 7.90. The molecule has 0 amide bonds. The van der Waals surface area contributed by atoms with Gasteiger partial charge >= 0.3 is 0 Å². The van der Waals surface area contributed by atoms with Gasteiger partial charge in [0.2, 0.25) is 0 Å². The summed E-state index contributed by atoms with van der Waals surface area (Å²) in [5.41, 5.74) is 0.805. The molecule has 0 fully saturated rings. The monoisotopic (exact) mass is 273 g/mol. The van der Waals surface area contributed by atoms with Crippen LogP contribution >= 0.6 is 0 Å². The molecule has 0 spiro atoms. The zero-order valence-electron chi connectivity index (χ0n) is 11.5. The van der Waals surface area contributed by atoms with Gasteiger partial charge in [0.05, 0.1) is 12.3 Å². The van der Waals surface area contributed by atoms with Gasteiger partial charge in [-0.2, -0.15) is 0 Å². The Kier molecular flexibility index (Phi) is 4.45. The van der Waals surface area contributed by atoms with E-state index >= 15 is 0 Å². The summed E-state index contributed by atoms with van der Waals surface area (Å²) < 4.78 is 19.0. The van der Waals surface area contributed by atoms with Crippen molar-refractivity contribution in [2.24, 2.45) is 0 Å². The van der Waals surface area contributed by atoms with E-state index in [-0.39, 0.29) is 24.1 Å². The number of halogens is 1. The smallest absolute Gasteiger partial charge is 0.169 e. The first-order valence-electron chi connectivity index (χ1n) is 6.44. The molecule has 0 aliphatic rings. The van der Waals surface area contributed by atoms with Gasteiger partial charge in [-0.15, -0.1) is 0 Å². The second-order valence-electron chi connectivity index (χ2n) is 4.77. The molecule has 104 valence electrons. The Morgan fingerprint density at radius 3 is 2.75 bits per heavy atom. The Labute approximate surface area is 117 Å². The molecule has 1 aromatic carbocycles. The zero-order chi connectivity index (χ0) is 14.5. The van der Waals surface area contributed by atoms with Crippen LogP contribution in [0.2, 0.25) is 0 Å². The predicted octanol–water partition coefficient (Wildman–Crippen LogP) is 3.43. The molecule has 0 N–H and O–H groups in total. The number of benzene rings is 1. The third-order valence-electron chi connectivity index (χ3n) is 2.72. The number of Topliss-reactive ketones (excluding diaryl/α,β-unsaturated/α-hetero) is 1. The summed E-state index contributed by atoms with van der Waals surface area (Å²) in [6.07, 6.45) is 3.05. The SMILES string of the molecule is CC(C)Oc1cncc(C(=O)Cc2ccccc2F)c1. The molecule has 2 aromatic rings. The lowest BCUT2D eigenvalue weighted by molar-refractivity contribution is 0.0990. The summed E-state index contributed by atoms with van der Waals surface area (Å²) in [7, 11) is 0. The Hall–Kier alpha value is -2.23. The van der Waals surface area contributed by atoms with Crippen molar-refractivity contribution in [1.82, 2.24) is 4.98 Å². The van der Waals surface area contributed by atoms with Gasteiger partial charge < -0.3 is 4.74 Å². The van der Waals surface area contributed by atoms with Crippen molar-refractivity contribution in [1.29, 1.82) is 0 Å². The van der Waals surface area contributed by atoms with Crippen LogP contribution in [0, 0.1) is 5.82 Å². The topological polar surface area (TPSA) is 39.2 Å². The molecular weight excluding hydrogens is 257 g/mol. The summed E-state index contributed by atoms with van der Waals surface area (Å²) in [6.45, 7) is 3.79. The molecule has 1 heterocycles. The number of hydrogen-bond donors (Lipinski definition) is 0. The third-order valence-corrected chi connectivity index (χ3v) is 2.72. The largest absolute Gasteiger partial charge is 0.489 e. The highest BCUT2D eigenvalue weighted by atomic mass is 19.1. The van der Waals surface area contributed by atoms with Gasteiger partial charge in [-0.3, -0.25) is 9.78 Å². The first-order valence-corrected chi connectivity index (χ1v) is 6.44. The number of carbonyl (C=O) groups is 1. The van der Waals surface area contributed by atoms with E-state index in [1.54, 1.807) is 30.5 Å². The molecule has 2 rings (SSSR count). The van der Waals surface area contributed by atoms with Gasteiger partial charge in [0, 0.05) is 18.2 Å². The number of nitrogens with zero attached hydrogens (tertiary/aromatic N) is 1. The van der Waals surface area contributed by atoms with E-state index in [0.717, 1.165) is 0 Å². The van der Waals surface area contributed by atoms with E-state index in [0.29, 0.717) is 16.9 Å². The molecule has 0 unspecified atom stereocenters. The summed E-state index contributed by atoms with van der Waals surface area (Å²) in [5, 5.41) is 0. The maximum Gasteiger partial charge on any atom is 0.169 e. The van der Waals surface area contributed by atoms with Gasteiger partial charge in [-0.05, 0) is 31.5 Å². The molecular formula is C16H16FNO2. The van der Waals surface area contributed by atoms with Crippen LogP contribution in [0.25, 0.3) is 0 Å².